The summed E-state index contributed by atoms with van der Waals surface area (Å²) in [6, 6.07) is -0.348. The van der Waals surface area contributed by atoms with Crippen molar-refractivity contribution in [2.45, 2.75) is 12.5 Å². The van der Waals surface area contributed by atoms with E-state index in [-0.39, 0.29) is 16.3 Å². The zero-order valence-corrected chi connectivity index (χ0v) is 7.95. The molecule has 0 saturated heterocycles. The molecule has 2 atom stereocenters. The van der Waals surface area contributed by atoms with Crippen molar-refractivity contribution in [3.63, 3.8) is 0 Å². The van der Waals surface area contributed by atoms with E-state index in [9.17, 15) is 9.59 Å². The molecule has 0 spiro atoms. The largest absolute Gasteiger partial charge is 0.302 e. The number of rotatable bonds is 4. The second-order valence-corrected chi connectivity index (χ2v) is 3.01. The summed E-state index contributed by atoms with van der Waals surface area (Å²) in [5.41, 5.74) is 0. The summed E-state index contributed by atoms with van der Waals surface area (Å²) >= 11 is 1.66. The van der Waals surface area contributed by atoms with Gasteiger partial charge in [0.15, 0.2) is 3.79 Å². The van der Waals surface area contributed by atoms with E-state index in [1.807, 2.05) is 0 Å². The molecule has 0 bridgehead atoms. The molecular weight excluding hydrogens is 252 g/mol. The van der Waals surface area contributed by atoms with Crippen LogP contribution < -0.4 is 5.09 Å². The number of hydrogen-bond donors (Lipinski definition) is 1. The van der Waals surface area contributed by atoms with Gasteiger partial charge in [-0.15, -0.1) is 0 Å². The Morgan fingerprint density at radius 2 is 2.44 bits per heavy atom. The Morgan fingerprint density at radius 1 is 1.89 bits per heavy atom. The number of carbonyl (C=O) groups excluding carboxylic acids is 2. The summed E-state index contributed by atoms with van der Waals surface area (Å²) < 4.78 is -0.0142. The molecule has 0 saturated carbocycles. The quantitative estimate of drug-likeness (QED) is 0.341. The van der Waals surface area contributed by atoms with Gasteiger partial charge in [0.05, 0.1) is 6.04 Å². The van der Waals surface area contributed by atoms with E-state index in [2.05, 4.69) is 14.5 Å². The second kappa shape index (κ2) is 5.26. The fraction of sp³-hybridized carbons (Fsp3) is 0.500. The van der Waals surface area contributed by atoms with Crippen molar-refractivity contribution in [2.75, 3.05) is 0 Å². The van der Waals surface area contributed by atoms with Gasteiger partial charge in [-0.3, -0.25) is 9.88 Å². The number of halogens is 1. The second-order valence-electron chi connectivity index (χ2n) is 1.47. The lowest BCUT2D eigenvalue weighted by Crippen LogP contribution is -2.23. The maximum Gasteiger partial charge on any atom is 0.194 e. The zero-order chi connectivity index (χ0) is 7.28. The highest BCUT2D eigenvalue weighted by atomic mass is 127. The lowest BCUT2D eigenvalue weighted by atomic mass is 10.3. The van der Waals surface area contributed by atoms with Crippen LogP contribution in [-0.4, -0.2) is 16.1 Å². The van der Waals surface area contributed by atoms with E-state index >= 15 is 0 Å². The van der Waals surface area contributed by atoms with Crippen LogP contribution in [0.3, 0.4) is 0 Å². The van der Waals surface area contributed by atoms with Crippen LogP contribution in [0.15, 0.2) is 0 Å². The molecule has 52 valence electrons. The third-order valence-corrected chi connectivity index (χ3v) is 1.63. The molecule has 0 aliphatic rings. The first-order valence-electron chi connectivity index (χ1n) is 2.30. The Kier molecular flexibility index (Phi) is 5.53. The van der Waals surface area contributed by atoms with Crippen molar-refractivity contribution in [1.29, 1.82) is 0 Å². The molecule has 9 heavy (non-hydrogen) atoms. The zero-order valence-electron chi connectivity index (χ0n) is 4.63. The molecule has 0 rings (SSSR count). The average Bonchev–Trinajstić information content (AvgIpc) is 1.82. The van der Waals surface area contributed by atoms with Crippen molar-refractivity contribution in [3.8, 4) is 0 Å². The standard InChI is InChI=1S/C4H7INO2P/c5-4(8)1-3(2-7)6-9/h2-3,6H,1,9H2/t3-/m0/s1. The predicted octanol–water partition coefficient (Wildman–Crippen LogP) is 0.285. The van der Waals surface area contributed by atoms with Crippen molar-refractivity contribution in [2.24, 2.45) is 0 Å². The fourth-order valence-corrected chi connectivity index (χ4v) is 0.990. The summed E-state index contributed by atoms with van der Waals surface area (Å²) in [5, 5.41) is 2.61. The van der Waals surface area contributed by atoms with Gasteiger partial charge in [0, 0.05) is 6.42 Å². The fourth-order valence-electron chi connectivity index (χ4n) is 0.319. The van der Waals surface area contributed by atoms with Crippen LogP contribution in [0.25, 0.3) is 0 Å². The Bertz CT molecular complexity index is 119. The van der Waals surface area contributed by atoms with Crippen LogP contribution in [0.4, 0.5) is 0 Å². The molecule has 5 heteroatoms. The molecule has 0 aliphatic carbocycles. The van der Waals surface area contributed by atoms with Crippen LogP contribution in [0, 0.1) is 0 Å². The van der Waals surface area contributed by atoms with E-state index in [1.54, 1.807) is 22.6 Å². The van der Waals surface area contributed by atoms with E-state index in [1.165, 1.54) is 0 Å². The normalized spacial score (nSPS) is 12.7. The molecule has 0 aromatic rings. The summed E-state index contributed by atoms with van der Waals surface area (Å²) in [6.45, 7) is 0. The van der Waals surface area contributed by atoms with Gasteiger partial charge in [0.2, 0.25) is 0 Å². The Morgan fingerprint density at radius 3 is 2.56 bits per heavy atom. The SMILES string of the molecule is O=C[C@H](CC(=O)I)NP. The molecule has 0 aromatic carbocycles. The molecule has 0 radical (unpaired) electrons. The van der Waals surface area contributed by atoms with Gasteiger partial charge in [-0.2, -0.15) is 0 Å². The molecule has 0 fully saturated rings. The lowest BCUT2D eigenvalue weighted by molar-refractivity contribution is -0.114. The van der Waals surface area contributed by atoms with Crippen LogP contribution in [0.1, 0.15) is 6.42 Å². The first-order chi connectivity index (χ1) is 4.20. The molecule has 0 heterocycles. The third-order valence-electron chi connectivity index (χ3n) is 0.759. The summed E-state index contributed by atoms with van der Waals surface area (Å²) in [5.74, 6) is 0. The van der Waals surface area contributed by atoms with Gasteiger partial charge >= 0.3 is 0 Å². The van der Waals surface area contributed by atoms with Crippen LogP contribution in [0.2, 0.25) is 0 Å². The maximum absolute atomic E-state index is 10.4. The van der Waals surface area contributed by atoms with E-state index in [0.29, 0.717) is 6.29 Å². The highest BCUT2D eigenvalue weighted by Gasteiger charge is 2.06. The van der Waals surface area contributed by atoms with Gasteiger partial charge in [0.25, 0.3) is 0 Å². The summed E-state index contributed by atoms with van der Waals surface area (Å²) in [7, 11) is 2.19. The minimum Gasteiger partial charge on any atom is -0.302 e. The third kappa shape index (κ3) is 4.93. The molecule has 0 aliphatic heterocycles. The lowest BCUT2D eigenvalue weighted by Gasteiger charge is -2.02. The molecule has 0 amide bonds. The van der Waals surface area contributed by atoms with Gasteiger partial charge in [0.1, 0.15) is 6.29 Å². The Hall–Kier alpha value is 0.460. The van der Waals surface area contributed by atoms with E-state index in [4.69, 9.17) is 0 Å². The number of aldehydes is 1. The molecular formula is C4H7INO2P. The highest BCUT2D eigenvalue weighted by Crippen LogP contribution is 1.97. The minimum absolute atomic E-state index is 0.0142. The van der Waals surface area contributed by atoms with Crippen LogP contribution in [0.5, 0.6) is 0 Å². The average molecular weight is 259 g/mol. The maximum atomic E-state index is 10.4. The van der Waals surface area contributed by atoms with Gasteiger partial charge in [-0.1, -0.05) is 9.39 Å². The molecule has 0 aromatic heterocycles. The Labute approximate surface area is 69.4 Å². The minimum atomic E-state index is -0.348. The number of carbonyl (C=O) groups is 2. The first kappa shape index (κ1) is 9.46. The number of hydrogen-bond acceptors (Lipinski definition) is 3. The predicted molar refractivity (Wildman–Crippen MR) is 46.3 cm³/mol. The highest BCUT2D eigenvalue weighted by molar-refractivity contribution is 14.1. The topological polar surface area (TPSA) is 46.2 Å². The smallest absolute Gasteiger partial charge is 0.194 e. The van der Waals surface area contributed by atoms with Crippen LogP contribution in [-0.2, 0) is 9.59 Å². The van der Waals surface area contributed by atoms with E-state index < -0.39 is 0 Å². The summed E-state index contributed by atoms with van der Waals surface area (Å²) in [4.78, 5) is 20.4. The molecule has 1 N–H and O–H groups in total. The van der Waals surface area contributed by atoms with Crippen molar-refractivity contribution >= 4 is 42.1 Å². The summed E-state index contributed by atoms with van der Waals surface area (Å²) in [6.07, 6.45) is 0.969. The van der Waals surface area contributed by atoms with Crippen LogP contribution >= 0.6 is 32.0 Å². The van der Waals surface area contributed by atoms with Gasteiger partial charge < -0.3 is 4.79 Å². The van der Waals surface area contributed by atoms with Gasteiger partial charge in [-0.25, -0.2) is 0 Å². The van der Waals surface area contributed by atoms with Gasteiger partial charge in [-0.05, 0) is 22.6 Å². The van der Waals surface area contributed by atoms with Crippen molar-refractivity contribution in [1.82, 2.24) is 5.09 Å². The van der Waals surface area contributed by atoms with Crippen molar-refractivity contribution < 1.29 is 9.59 Å². The van der Waals surface area contributed by atoms with Crippen molar-refractivity contribution in [3.05, 3.63) is 0 Å². The first-order valence-corrected chi connectivity index (χ1v) is 3.96. The monoisotopic (exact) mass is 259 g/mol. The molecule has 1 unspecified atom stereocenters. The molecule has 3 nitrogen and oxygen atoms in total. The number of nitrogens with one attached hydrogen (secondary N) is 1. The Balaban J connectivity index is 3.55. The van der Waals surface area contributed by atoms with E-state index in [0.717, 1.165) is 0 Å².